The molecule has 2 heteroatoms. The van der Waals surface area contributed by atoms with Crippen LogP contribution < -0.4 is 5.32 Å². The maximum atomic E-state index is 3.64. The first kappa shape index (κ1) is 11.4. The average Bonchev–Trinajstić information content (AvgIpc) is 2.46. The predicted molar refractivity (Wildman–Crippen MR) is 65.1 cm³/mol. The Morgan fingerprint density at radius 3 is 2.20 bits per heavy atom. The Balaban J connectivity index is 2.02. The molecule has 2 aliphatic rings. The van der Waals surface area contributed by atoms with Gasteiger partial charge in [0.25, 0.3) is 0 Å². The van der Waals surface area contributed by atoms with Gasteiger partial charge in [0.05, 0.1) is 0 Å². The smallest absolute Gasteiger partial charge is 0.0243 e. The molecule has 15 heavy (non-hydrogen) atoms. The van der Waals surface area contributed by atoms with Crippen LogP contribution in [0.1, 0.15) is 53.4 Å². The van der Waals surface area contributed by atoms with Gasteiger partial charge >= 0.3 is 0 Å². The fourth-order valence-electron chi connectivity index (χ4n) is 3.50. The molecule has 2 nitrogen and oxygen atoms in total. The average molecular weight is 210 g/mol. The quantitative estimate of drug-likeness (QED) is 0.715. The van der Waals surface area contributed by atoms with E-state index in [0.29, 0.717) is 5.54 Å². The Morgan fingerprint density at radius 1 is 1.13 bits per heavy atom. The molecule has 2 fully saturated rings. The first-order chi connectivity index (χ1) is 6.99. The largest absolute Gasteiger partial charge is 0.310 e. The van der Waals surface area contributed by atoms with Crippen molar-refractivity contribution in [3.8, 4) is 0 Å². The summed E-state index contributed by atoms with van der Waals surface area (Å²) in [6, 6.07) is 2.34. The molecule has 1 N–H and O–H groups in total. The second-order valence-electron chi connectivity index (χ2n) is 6.20. The van der Waals surface area contributed by atoms with Gasteiger partial charge in [-0.3, -0.25) is 4.90 Å². The molecule has 88 valence electrons. The van der Waals surface area contributed by atoms with Gasteiger partial charge in [-0.15, -0.1) is 0 Å². The number of piperidine rings is 1. The van der Waals surface area contributed by atoms with E-state index in [2.05, 4.69) is 37.9 Å². The van der Waals surface area contributed by atoms with Crippen molar-refractivity contribution in [2.75, 3.05) is 6.54 Å². The lowest BCUT2D eigenvalue weighted by Crippen LogP contribution is -2.50. The highest BCUT2D eigenvalue weighted by Crippen LogP contribution is 2.30. The monoisotopic (exact) mass is 210 g/mol. The number of nitrogens with zero attached hydrogens (tertiary/aromatic N) is 1. The zero-order valence-corrected chi connectivity index (χ0v) is 10.7. The second-order valence-corrected chi connectivity index (χ2v) is 6.20. The van der Waals surface area contributed by atoms with Crippen LogP contribution in [0.15, 0.2) is 0 Å². The normalized spacial score (nSPS) is 42.0. The van der Waals surface area contributed by atoms with Crippen molar-refractivity contribution in [2.45, 2.75) is 77.0 Å². The molecular weight excluding hydrogens is 184 g/mol. The van der Waals surface area contributed by atoms with E-state index >= 15 is 0 Å². The van der Waals surface area contributed by atoms with Crippen LogP contribution in [0.2, 0.25) is 0 Å². The van der Waals surface area contributed by atoms with E-state index in [-0.39, 0.29) is 0 Å². The minimum absolute atomic E-state index is 0.349. The van der Waals surface area contributed by atoms with Crippen LogP contribution in [-0.2, 0) is 0 Å². The van der Waals surface area contributed by atoms with Crippen LogP contribution in [0.5, 0.6) is 0 Å². The minimum atomic E-state index is 0.349. The van der Waals surface area contributed by atoms with Crippen molar-refractivity contribution in [3.05, 3.63) is 0 Å². The molecule has 0 amide bonds. The third-order valence-electron chi connectivity index (χ3n) is 4.25. The summed E-state index contributed by atoms with van der Waals surface area (Å²) in [5.74, 6) is 0. The van der Waals surface area contributed by atoms with E-state index in [1.54, 1.807) is 0 Å². The summed E-state index contributed by atoms with van der Waals surface area (Å²) in [5.41, 5.74) is 0.349. The highest BCUT2D eigenvalue weighted by molar-refractivity contribution is 4.97. The molecular formula is C13H26N2. The standard InChI is InChI=1S/C13H26N2/c1-10-6-5-7-11(2)15(10)12-8-13(3,4)14-9-12/h10-12,14H,5-9H2,1-4H3. The molecule has 2 aliphatic heterocycles. The van der Waals surface area contributed by atoms with Crippen LogP contribution in [0.25, 0.3) is 0 Å². The molecule has 0 bridgehead atoms. The van der Waals surface area contributed by atoms with Gasteiger partial charge in [0.2, 0.25) is 0 Å². The first-order valence-corrected chi connectivity index (χ1v) is 6.52. The van der Waals surface area contributed by atoms with Gasteiger partial charge in [0.15, 0.2) is 0 Å². The Kier molecular flexibility index (Phi) is 3.09. The van der Waals surface area contributed by atoms with E-state index in [1.807, 2.05) is 0 Å². The Bertz CT molecular complexity index is 215. The van der Waals surface area contributed by atoms with Crippen LogP contribution in [0.4, 0.5) is 0 Å². The molecule has 3 atom stereocenters. The summed E-state index contributed by atoms with van der Waals surface area (Å²) >= 11 is 0. The fourth-order valence-corrected chi connectivity index (χ4v) is 3.50. The van der Waals surface area contributed by atoms with Gasteiger partial charge in [-0.2, -0.15) is 0 Å². The van der Waals surface area contributed by atoms with Gasteiger partial charge in [0.1, 0.15) is 0 Å². The Morgan fingerprint density at radius 2 is 1.73 bits per heavy atom. The van der Waals surface area contributed by atoms with E-state index in [4.69, 9.17) is 0 Å². The van der Waals surface area contributed by atoms with Crippen molar-refractivity contribution in [2.24, 2.45) is 0 Å². The van der Waals surface area contributed by atoms with E-state index in [9.17, 15) is 0 Å². The van der Waals surface area contributed by atoms with Gasteiger partial charge in [0, 0.05) is 30.2 Å². The molecule has 0 aliphatic carbocycles. The zero-order valence-electron chi connectivity index (χ0n) is 10.7. The van der Waals surface area contributed by atoms with Crippen molar-refractivity contribution in [1.29, 1.82) is 0 Å². The molecule has 0 aromatic heterocycles. The third kappa shape index (κ3) is 2.36. The number of hydrogen-bond acceptors (Lipinski definition) is 2. The number of rotatable bonds is 1. The Hall–Kier alpha value is -0.0800. The fraction of sp³-hybridized carbons (Fsp3) is 1.00. The van der Waals surface area contributed by atoms with Crippen LogP contribution in [0.3, 0.4) is 0 Å². The summed E-state index contributed by atoms with van der Waals surface area (Å²) in [6.07, 6.45) is 5.51. The highest BCUT2D eigenvalue weighted by Gasteiger charge is 2.38. The molecule has 0 radical (unpaired) electrons. The van der Waals surface area contributed by atoms with Gasteiger partial charge in [-0.05, 0) is 47.0 Å². The zero-order chi connectivity index (χ0) is 11.1. The number of likely N-dealkylation sites (tertiary alicyclic amines) is 1. The molecule has 0 aromatic carbocycles. The topological polar surface area (TPSA) is 15.3 Å². The molecule has 0 saturated carbocycles. The van der Waals surface area contributed by atoms with E-state index in [0.717, 1.165) is 18.1 Å². The third-order valence-corrected chi connectivity index (χ3v) is 4.25. The van der Waals surface area contributed by atoms with Crippen LogP contribution in [0, 0.1) is 0 Å². The maximum absolute atomic E-state index is 3.64. The molecule has 2 rings (SSSR count). The molecule has 0 aromatic rings. The number of hydrogen-bond donors (Lipinski definition) is 1. The molecule has 2 heterocycles. The minimum Gasteiger partial charge on any atom is -0.310 e. The summed E-state index contributed by atoms with van der Waals surface area (Å²) < 4.78 is 0. The van der Waals surface area contributed by atoms with Crippen molar-refractivity contribution < 1.29 is 0 Å². The van der Waals surface area contributed by atoms with Gasteiger partial charge in [-0.25, -0.2) is 0 Å². The summed E-state index contributed by atoms with van der Waals surface area (Å²) in [6.45, 7) is 10.6. The van der Waals surface area contributed by atoms with Crippen molar-refractivity contribution in [1.82, 2.24) is 10.2 Å². The van der Waals surface area contributed by atoms with E-state index < -0.39 is 0 Å². The van der Waals surface area contributed by atoms with Gasteiger partial charge in [-0.1, -0.05) is 6.42 Å². The molecule has 3 unspecified atom stereocenters. The predicted octanol–water partition coefficient (Wildman–Crippen LogP) is 2.39. The van der Waals surface area contributed by atoms with Crippen molar-refractivity contribution in [3.63, 3.8) is 0 Å². The van der Waals surface area contributed by atoms with E-state index in [1.165, 1.54) is 32.2 Å². The lowest BCUT2D eigenvalue weighted by atomic mass is 9.92. The van der Waals surface area contributed by atoms with Crippen molar-refractivity contribution >= 4 is 0 Å². The maximum Gasteiger partial charge on any atom is 0.0243 e. The second kappa shape index (κ2) is 4.06. The summed E-state index contributed by atoms with van der Waals surface area (Å²) in [5, 5.41) is 3.64. The molecule has 2 saturated heterocycles. The van der Waals surface area contributed by atoms with Gasteiger partial charge < -0.3 is 5.32 Å². The molecule has 0 spiro atoms. The van der Waals surface area contributed by atoms with Crippen LogP contribution in [-0.4, -0.2) is 35.1 Å². The first-order valence-electron chi connectivity index (χ1n) is 6.52. The summed E-state index contributed by atoms with van der Waals surface area (Å²) in [4.78, 5) is 2.77. The SMILES string of the molecule is CC1CCCC(C)N1C1CNC(C)(C)C1. The van der Waals surface area contributed by atoms with Crippen LogP contribution >= 0.6 is 0 Å². The Labute approximate surface area is 94.4 Å². The lowest BCUT2D eigenvalue weighted by Gasteiger charge is -2.43. The number of nitrogens with one attached hydrogen (secondary N) is 1. The lowest BCUT2D eigenvalue weighted by molar-refractivity contribution is 0.0607. The highest BCUT2D eigenvalue weighted by atomic mass is 15.3. The summed E-state index contributed by atoms with van der Waals surface area (Å²) in [7, 11) is 0.